The zero-order chi connectivity index (χ0) is 22.1. The Bertz CT molecular complexity index is 900. The van der Waals surface area contributed by atoms with Crippen molar-refractivity contribution >= 4 is 41.7 Å². The maximum absolute atomic E-state index is 11.4. The predicted octanol–water partition coefficient (Wildman–Crippen LogP) is 2.32. The first-order valence-electron chi connectivity index (χ1n) is 10.7. The van der Waals surface area contributed by atoms with E-state index >= 15 is 0 Å². The maximum atomic E-state index is 11.4. The van der Waals surface area contributed by atoms with Gasteiger partial charge in [-0.15, -0.1) is 24.0 Å². The molecule has 174 valence electrons. The summed E-state index contributed by atoms with van der Waals surface area (Å²) in [4.78, 5) is 22.6. The fraction of sp³-hybridized carbons (Fsp3) is 0.435. The molecule has 1 aromatic heterocycles. The van der Waals surface area contributed by atoms with Crippen molar-refractivity contribution in [2.75, 3.05) is 38.7 Å². The van der Waals surface area contributed by atoms with E-state index in [0.717, 1.165) is 67.6 Å². The summed E-state index contributed by atoms with van der Waals surface area (Å²) in [6.45, 7) is 2.90. The zero-order valence-corrected chi connectivity index (χ0v) is 21.0. The largest absolute Gasteiger partial charge is 0.496 e. The smallest absolute Gasteiger partial charge is 0.220 e. The van der Waals surface area contributed by atoms with E-state index in [1.807, 2.05) is 24.3 Å². The molecule has 1 aliphatic rings. The minimum Gasteiger partial charge on any atom is -0.496 e. The number of hydrogen-bond donors (Lipinski definition) is 3. The number of aromatic nitrogens is 1. The summed E-state index contributed by atoms with van der Waals surface area (Å²) < 4.78 is 5.41. The van der Waals surface area contributed by atoms with Gasteiger partial charge in [0.25, 0.3) is 0 Å². The van der Waals surface area contributed by atoms with Gasteiger partial charge in [0.05, 0.1) is 7.11 Å². The Morgan fingerprint density at radius 1 is 1.19 bits per heavy atom. The fourth-order valence-corrected chi connectivity index (χ4v) is 3.85. The highest BCUT2D eigenvalue weighted by molar-refractivity contribution is 14.0. The molecule has 1 fully saturated rings. The summed E-state index contributed by atoms with van der Waals surface area (Å²) in [6.07, 6.45) is 4.17. The number of carbonyl (C=O) groups is 1. The molecule has 0 atom stereocenters. The van der Waals surface area contributed by atoms with Crippen molar-refractivity contribution in [1.82, 2.24) is 15.6 Å². The minimum atomic E-state index is -0.203. The molecule has 32 heavy (non-hydrogen) atoms. The number of rotatable bonds is 8. The lowest BCUT2D eigenvalue weighted by molar-refractivity contribution is -0.122. The van der Waals surface area contributed by atoms with Crippen LogP contribution in [0.1, 0.15) is 24.0 Å². The number of nitrogens with zero attached hydrogens (tertiary/aromatic N) is 3. The number of anilines is 1. The summed E-state index contributed by atoms with van der Waals surface area (Å²) in [5, 5.41) is 6.73. The average Bonchev–Trinajstić information content (AvgIpc) is 2.81. The Balaban J connectivity index is 0.00000363. The molecule has 1 aliphatic heterocycles. The Morgan fingerprint density at radius 2 is 1.91 bits per heavy atom. The quantitative estimate of drug-likeness (QED) is 0.264. The summed E-state index contributed by atoms with van der Waals surface area (Å²) in [6, 6.07) is 12.0. The Labute approximate surface area is 207 Å². The second-order valence-corrected chi connectivity index (χ2v) is 7.56. The van der Waals surface area contributed by atoms with E-state index in [1.165, 1.54) is 0 Å². The van der Waals surface area contributed by atoms with Crippen LogP contribution in [0.2, 0.25) is 0 Å². The number of piperidine rings is 1. The van der Waals surface area contributed by atoms with Crippen molar-refractivity contribution in [3.63, 3.8) is 0 Å². The number of benzene rings is 1. The third-order valence-electron chi connectivity index (χ3n) is 5.61. The molecule has 0 radical (unpaired) electrons. The molecule has 0 aliphatic carbocycles. The van der Waals surface area contributed by atoms with Gasteiger partial charge in [-0.25, -0.2) is 4.98 Å². The maximum Gasteiger partial charge on any atom is 0.220 e. The van der Waals surface area contributed by atoms with Gasteiger partial charge in [-0.05, 0) is 37.0 Å². The molecule has 9 heteroatoms. The van der Waals surface area contributed by atoms with Crippen LogP contribution in [0.25, 0.3) is 0 Å². The van der Waals surface area contributed by atoms with E-state index < -0.39 is 0 Å². The van der Waals surface area contributed by atoms with Crippen molar-refractivity contribution < 1.29 is 9.53 Å². The number of amides is 1. The molecular formula is C23H33IN6O2. The van der Waals surface area contributed by atoms with E-state index in [9.17, 15) is 4.79 Å². The number of aliphatic imine (C=N–C) groups is 1. The van der Waals surface area contributed by atoms with Crippen molar-refractivity contribution in [2.45, 2.75) is 25.8 Å². The van der Waals surface area contributed by atoms with Gasteiger partial charge in [-0.3, -0.25) is 9.79 Å². The Morgan fingerprint density at radius 3 is 2.59 bits per heavy atom. The van der Waals surface area contributed by atoms with Crippen LogP contribution >= 0.6 is 24.0 Å². The molecule has 2 aromatic rings. The highest BCUT2D eigenvalue weighted by atomic mass is 127. The van der Waals surface area contributed by atoms with Crippen LogP contribution in [0.3, 0.4) is 0 Å². The van der Waals surface area contributed by atoms with Crippen molar-refractivity contribution in [1.29, 1.82) is 0 Å². The first-order valence-corrected chi connectivity index (χ1v) is 10.7. The zero-order valence-electron chi connectivity index (χ0n) is 18.7. The number of ether oxygens (including phenoxy) is 1. The van der Waals surface area contributed by atoms with Crippen LogP contribution in [0, 0.1) is 5.92 Å². The van der Waals surface area contributed by atoms with Gasteiger partial charge < -0.3 is 26.0 Å². The fourth-order valence-electron chi connectivity index (χ4n) is 3.85. The molecule has 0 bridgehead atoms. The second kappa shape index (κ2) is 13.1. The number of methoxy groups -OCH3 is 1. The molecule has 0 unspecified atom stereocenters. The predicted molar refractivity (Wildman–Crippen MR) is 139 cm³/mol. The van der Waals surface area contributed by atoms with E-state index in [2.05, 4.69) is 37.6 Å². The number of halogens is 1. The van der Waals surface area contributed by atoms with E-state index in [4.69, 9.17) is 10.5 Å². The number of carbonyl (C=O) groups excluding carboxylic acids is 1. The van der Waals surface area contributed by atoms with Crippen molar-refractivity contribution in [3.05, 3.63) is 53.7 Å². The van der Waals surface area contributed by atoms with Crippen LogP contribution in [0.15, 0.2) is 47.6 Å². The number of guanidine groups is 1. The number of hydrogen-bond acceptors (Lipinski definition) is 5. The van der Waals surface area contributed by atoms with Crippen LogP contribution in [0.5, 0.6) is 5.75 Å². The highest BCUT2D eigenvalue weighted by Crippen LogP contribution is 2.24. The third kappa shape index (κ3) is 6.98. The van der Waals surface area contributed by atoms with Crippen LogP contribution in [-0.2, 0) is 17.8 Å². The summed E-state index contributed by atoms with van der Waals surface area (Å²) in [5.74, 6) is 2.34. The van der Waals surface area contributed by atoms with Crippen molar-refractivity contribution in [2.24, 2.45) is 16.6 Å². The number of para-hydroxylation sites is 1. The number of nitrogens with one attached hydrogen (secondary N) is 2. The molecule has 0 spiro atoms. The monoisotopic (exact) mass is 552 g/mol. The highest BCUT2D eigenvalue weighted by Gasteiger charge is 2.24. The molecule has 1 amide bonds. The van der Waals surface area contributed by atoms with Crippen LogP contribution in [0.4, 0.5) is 5.82 Å². The Kier molecular flexibility index (Phi) is 10.5. The number of pyridine rings is 1. The van der Waals surface area contributed by atoms with Crippen LogP contribution < -0.4 is 26.0 Å². The third-order valence-corrected chi connectivity index (χ3v) is 5.61. The molecule has 8 nitrogen and oxygen atoms in total. The van der Waals surface area contributed by atoms with E-state index in [-0.39, 0.29) is 35.8 Å². The van der Waals surface area contributed by atoms with Gasteiger partial charge in [0.1, 0.15) is 11.6 Å². The van der Waals surface area contributed by atoms with E-state index in [0.29, 0.717) is 6.54 Å². The molecule has 2 heterocycles. The second-order valence-electron chi connectivity index (χ2n) is 7.56. The van der Waals surface area contributed by atoms with Gasteiger partial charge in [0.2, 0.25) is 5.91 Å². The summed E-state index contributed by atoms with van der Waals surface area (Å²) >= 11 is 0. The number of nitrogens with two attached hydrogens (primary N) is 1. The minimum absolute atomic E-state index is 0. The lowest BCUT2D eigenvalue weighted by atomic mass is 9.96. The molecule has 4 N–H and O–H groups in total. The molecule has 1 saturated heterocycles. The normalized spacial score (nSPS) is 14.4. The summed E-state index contributed by atoms with van der Waals surface area (Å²) in [5.41, 5.74) is 7.71. The molecule has 1 aromatic carbocycles. The SMILES string of the molecule is CN=C(NCCc1ccccc1OC)NCc1cccnc1N1CCC(C(N)=O)CC1.I. The van der Waals surface area contributed by atoms with Crippen LogP contribution in [-0.4, -0.2) is 50.6 Å². The topological polar surface area (TPSA) is 105 Å². The van der Waals surface area contributed by atoms with Gasteiger partial charge in [-0.1, -0.05) is 24.3 Å². The Hall–Kier alpha value is -2.56. The van der Waals surface area contributed by atoms with Crippen molar-refractivity contribution in [3.8, 4) is 5.75 Å². The van der Waals surface area contributed by atoms with Gasteiger partial charge in [0.15, 0.2) is 5.96 Å². The number of primary amides is 1. The lowest BCUT2D eigenvalue weighted by Gasteiger charge is -2.32. The average molecular weight is 552 g/mol. The first-order chi connectivity index (χ1) is 15.1. The van der Waals surface area contributed by atoms with Gasteiger partial charge in [-0.2, -0.15) is 0 Å². The molecule has 3 rings (SSSR count). The molecular weight excluding hydrogens is 519 g/mol. The van der Waals surface area contributed by atoms with E-state index in [1.54, 1.807) is 20.4 Å². The standard InChI is InChI=1S/C23H32N6O2.HI/c1-25-23(27-13-9-17-6-3-4-8-20(17)31-2)28-16-19-7-5-12-26-22(19)29-14-10-18(11-15-29)21(24)30;/h3-8,12,18H,9-11,13-16H2,1-2H3,(H2,24,30)(H2,25,27,28);1H. The summed E-state index contributed by atoms with van der Waals surface area (Å²) in [7, 11) is 3.45. The van der Waals surface area contributed by atoms with Gasteiger partial charge in [0, 0.05) is 50.9 Å². The molecule has 0 saturated carbocycles. The van der Waals surface area contributed by atoms with Gasteiger partial charge >= 0.3 is 0 Å². The first kappa shape index (κ1) is 25.7. The lowest BCUT2D eigenvalue weighted by Crippen LogP contribution is -2.40.